The third kappa shape index (κ3) is 30.7. The second-order valence-electron chi connectivity index (χ2n) is 10.2. The first-order chi connectivity index (χ1) is 15.4. The van der Waals surface area contributed by atoms with E-state index in [1.165, 1.54) is 184 Å². The number of alkyl halides is 1. The van der Waals surface area contributed by atoms with Crippen molar-refractivity contribution in [3.05, 3.63) is 0 Å². The number of unbranched alkanes of at least 4 members (excludes halogenated alkanes) is 27. The molecule has 0 bridgehead atoms. The number of rotatable bonds is 28. The molecule has 188 valence electrons. The van der Waals surface area contributed by atoms with Crippen LogP contribution in [0, 0.1) is 0 Å². The molecule has 0 aromatic rings. The summed E-state index contributed by atoms with van der Waals surface area (Å²) in [6, 6.07) is 0. The van der Waals surface area contributed by atoms with Crippen molar-refractivity contribution in [2.24, 2.45) is 0 Å². The van der Waals surface area contributed by atoms with Gasteiger partial charge in [-0.15, -0.1) is 0 Å². The van der Waals surface area contributed by atoms with Gasteiger partial charge in [-0.05, 0) is 10.8 Å². The molecule has 0 spiro atoms. The van der Waals surface area contributed by atoms with Crippen LogP contribution in [-0.4, -0.2) is 4.43 Å². The van der Waals surface area contributed by atoms with Crippen molar-refractivity contribution in [1.82, 2.24) is 0 Å². The standard InChI is InChI=1S/C30H61I/c1-2-3-4-5-6-7-8-9-10-11-12-13-14-15-16-17-18-19-20-21-22-23-24-25-26-27-28-29-30-31/h2-30H2,1H3. The maximum absolute atomic E-state index is 2.50. The van der Waals surface area contributed by atoms with E-state index in [0.29, 0.717) is 0 Å². The highest BCUT2D eigenvalue weighted by Gasteiger charge is 1.96. The Bertz CT molecular complexity index is 260. The lowest BCUT2D eigenvalue weighted by molar-refractivity contribution is 0.514. The SMILES string of the molecule is CCCCCCCCCCCCCCCCCCCCCCCCCCCCCCI. The first-order valence-electron chi connectivity index (χ1n) is 15.0. The second kappa shape index (κ2) is 30.7. The van der Waals surface area contributed by atoms with Crippen LogP contribution in [0.4, 0.5) is 0 Å². The molecule has 0 aromatic heterocycles. The van der Waals surface area contributed by atoms with Crippen LogP contribution in [0.1, 0.15) is 187 Å². The fourth-order valence-electron chi connectivity index (χ4n) is 4.76. The van der Waals surface area contributed by atoms with E-state index >= 15 is 0 Å². The number of hydrogen-bond donors (Lipinski definition) is 0. The van der Waals surface area contributed by atoms with Crippen LogP contribution in [0.2, 0.25) is 0 Å². The Kier molecular flexibility index (Phi) is 31.5. The highest BCUT2D eigenvalue weighted by molar-refractivity contribution is 14.1. The lowest BCUT2D eigenvalue weighted by Crippen LogP contribution is -1.85. The first kappa shape index (κ1) is 31.7. The van der Waals surface area contributed by atoms with Crippen molar-refractivity contribution in [2.45, 2.75) is 187 Å². The smallest absolute Gasteiger partial charge is 0.000473 e. The van der Waals surface area contributed by atoms with E-state index in [4.69, 9.17) is 0 Å². The van der Waals surface area contributed by atoms with Crippen molar-refractivity contribution in [1.29, 1.82) is 0 Å². The maximum atomic E-state index is 2.50. The summed E-state index contributed by atoms with van der Waals surface area (Å²) in [5.74, 6) is 0. The predicted molar refractivity (Wildman–Crippen MR) is 154 cm³/mol. The van der Waals surface area contributed by atoms with Crippen molar-refractivity contribution < 1.29 is 0 Å². The molecule has 0 aliphatic rings. The van der Waals surface area contributed by atoms with Gasteiger partial charge in [-0.1, -0.05) is 203 Å². The van der Waals surface area contributed by atoms with Gasteiger partial charge in [0.05, 0.1) is 0 Å². The molecule has 0 fully saturated rings. The topological polar surface area (TPSA) is 0 Å². The summed E-state index contributed by atoms with van der Waals surface area (Å²) in [6.45, 7) is 2.31. The Morgan fingerprint density at radius 2 is 0.419 bits per heavy atom. The molecular formula is C30H61I. The number of halogens is 1. The summed E-state index contributed by atoms with van der Waals surface area (Å²) in [6.07, 6.45) is 41.5. The maximum Gasteiger partial charge on any atom is -0.000473 e. The molecule has 0 aliphatic heterocycles. The van der Waals surface area contributed by atoms with Crippen LogP contribution in [0.5, 0.6) is 0 Å². The normalized spacial score (nSPS) is 11.4. The second-order valence-corrected chi connectivity index (χ2v) is 11.3. The minimum atomic E-state index is 1.34. The van der Waals surface area contributed by atoms with Crippen LogP contribution in [0.15, 0.2) is 0 Å². The van der Waals surface area contributed by atoms with Gasteiger partial charge < -0.3 is 0 Å². The van der Waals surface area contributed by atoms with Crippen molar-refractivity contribution in [3.63, 3.8) is 0 Å². The molecule has 0 saturated carbocycles. The summed E-state index contributed by atoms with van der Waals surface area (Å²) >= 11 is 2.50. The first-order valence-corrected chi connectivity index (χ1v) is 16.5. The quantitative estimate of drug-likeness (QED) is 0.0518. The van der Waals surface area contributed by atoms with Crippen LogP contribution in [0.25, 0.3) is 0 Å². The lowest BCUT2D eigenvalue weighted by Gasteiger charge is -2.04. The van der Waals surface area contributed by atoms with Gasteiger partial charge in [0.2, 0.25) is 0 Å². The van der Waals surface area contributed by atoms with Crippen LogP contribution in [-0.2, 0) is 0 Å². The zero-order valence-corrected chi connectivity index (χ0v) is 24.0. The largest absolute Gasteiger partial charge is 0.0864 e. The van der Waals surface area contributed by atoms with Gasteiger partial charge in [0, 0.05) is 0 Å². The Hall–Kier alpha value is 0.730. The molecule has 0 nitrogen and oxygen atoms in total. The molecule has 0 N–H and O–H groups in total. The summed E-state index contributed by atoms with van der Waals surface area (Å²) in [5.41, 5.74) is 0. The summed E-state index contributed by atoms with van der Waals surface area (Å²) < 4.78 is 1.34. The van der Waals surface area contributed by atoms with Gasteiger partial charge in [0.1, 0.15) is 0 Å². The van der Waals surface area contributed by atoms with E-state index < -0.39 is 0 Å². The molecule has 0 aromatic carbocycles. The average molecular weight is 549 g/mol. The Morgan fingerprint density at radius 1 is 0.258 bits per heavy atom. The number of hydrogen-bond acceptors (Lipinski definition) is 0. The summed E-state index contributed by atoms with van der Waals surface area (Å²) in [5, 5.41) is 0. The fraction of sp³-hybridized carbons (Fsp3) is 1.00. The molecule has 0 rings (SSSR count). The van der Waals surface area contributed by atoms with E-state index in [-0.39, 0.29) is 0 Å². The van der Waals surface area contributed by atoms with E-state index in [1.54, 1.807) is 0 Å². The zero-order valence-electron chi connectivity index (χ0n) is 21.9. The average Bonchev–Trinajstić information content (AvgIpc) is 2.78. The summed E-state index contributed by atoms with van der Waals surface area (Å²) in [4.78, 5) is 0. The predicted octanol–water partition coefficient (Wildman–Crippen LogP) is 12.4. The molecular weight excluding hydrogens is 487 g/mol. The molecule has 0 atom stereocenters. The van der Waals surface area contributed by atoms with Crippen LogP contribution in [0.3, 0.4) is 0 Å². The van der Waals surface area contributed by atoms with Crippen molar-refractivity contribution in [2.75, 3.05) is 4.43 Å². The molecule has 0 aliphatic carbocycles. The Labute approximate surface area is 213 Å². The monoisotopic (exact) mass is 548 g/mol. The van der Waals surface area contributed by atoms with Crippen molar-refractivity contribution >= 4 is 22.6 Å². The lowest BCUT2D eigenvalue weighted by atomic mass is 10.0. The fourth-order valence-corrected chi connectivity index (χ4v) is 5.30. The molecule has 0 radical (unpaired) electrons. The third-order valence-corrected chi connectivity index (χ3v) is 7.75. The minimum absolute atomic E-state index is 1.34. The van der Waals surface area contributed by atoms with E-state index in [0.717, 1.165) is 0 Å². The van der Waals surface area contributed by atoms with Crippen molar-refractivity contribution in [3.8, 4) is 0 Å². The van der Waals surface area contributed by atoms with Gasteiger partial charge in [0.25, 0.3) is 0 Å². The molecule has 0 saturated heterocycles. The minimum Gasteiger partial charge on any atom is -0.0864 e. The Balaban J connectivity index is 2.98. The molecule has 31 heavy (non-hydrogen) atoms. The Morgan fingerprint density at radius 3 is 0.581 bits per heavy atom. The van der Waals surface area contributed by atoms with Crippen LogP contribution >= 0.6 is 22.6 Å². The zero-order chi connectivity index (χ0) is 22.5. The summed E-state index contributed by atoms with van der Waals surface area (Å²) in [7, 11) is 0. The van der Waals surface area contributed by atoms with Gasteiger partial charge in [-0.25, -0.2) is 0 Å². The highest BCUT2D eigenvalue weighted by Crippen LogP contribution is 2.16. The van der Waals surface area contributed by atoms with Crippen LogP contribution < -0.4 is 0 Å². The highest BCUT2D eigenvalue weighted by atomic mass is 127. The molecule has 0 unspecified atom stereocenters. The molecule has 0 heterocycles. The molecule has 0 amide bonds. The van der Waals surface area contributed by atoms with Gasteiger partial charge >= 0.3 is 0 Å². The van der Waals surface area contributed by atoms with E-state index in [9.17, 15) is 0 Å². The van der Waals surface area contributed by atoms with Gasteiger partial charge in [-0.2, -0.15) is 0 Å². The van der Waals surface area contributed by atoms with Gasteiger partial charge in [-0.3, -0.25) is 0 Å². The van der Waals surface area contributed by atoms with E-state index in [2.05, 4.69) is 29.5 Å². The third-order valence-electron chi connectivity index (χ3n) is 6.99. The molecule has 1 heteroatoms. The van der Waals surface area contributed by atoms with E-state index in [1.807, 2.05) is 0 Å². The van der Waals surface area contributed by atoms with Gasteiger partial charge in [0.15, 0.2) is 0 Å².